The largest absolute Gasteiger partial charge is 0.490 e. The molecule has 1 heterocycles. The first-order valence-corrected chi connectivity index (χ1v) is 12.4. The third-order valence-electron chi connectivity index (χ3n) is 6.25. The Bertz CT molecular complexity index is 1180. The van der Waals surface area contributed by atoms with E-state index in [2.05, 4.69) is 6.08 Å². The van der Waals surface area contributed by atoms with Gasteiger partial charge in [-0.25, -0.2) is 8.78 Å². The van der Waals surface area contributed by atoms with Crippen LogP contribution in [0.2, 0.25) is 0 Å². The molecule has 190 valence electrons. The molecule has 0 N–H and O–H groups in total. The van der Waals surface area contributed by atoms with Crippen molar-refractivity contribution in [2.75, 3.05) is 19.8 Å². The quantitative estimate of drug-likeness (QED) is 0.281. The summed E-state index contributed by atoms with van der Waals surface area (Å²) < 4.78 is 60.8. The summed E-state index contributed by atoms with van der Waals surface area (Å²) in [5.41, 5.74) is 2.69. The Morgan fingerprint density at radius 3 is 2.25 bits per heavy atom. The molecule has 0 unspecified atom stereocenters. The Morgan fingerprint density at radius 1 is 0.889 bits per heavy atom. The lowest BCUT2D eigenvalue weighted by Crippen LogP contribution is -2.31. The van der Waals surface area contributed by atoms with Crippen LogP contribution in [0.15, 0.2) is 66.7 Å². The van der Waals surface area contributed by atoms with Gasteiger partial charge in [0.25, 0.3) is 0 Å². The second kappa shape index (κ2) is 12.2. The summed E-state index contributed by atoms with van der Waals surface area (Å²) in [5.74, 6) is -2.53. The highest BCUT2D eigenvalue weighted by molar-refractivity contribution is 5.71. The molecule has 3 aromatic carbocycles. The van der Waals surface area contributed by atoms with Crippen LogP contribution in [0.5, 0.6) is 5.75 Å². The first kappa shape index (κ1) is 26.0. The van der Waals surface area contributed by atoms with Gasteiger partial charge in [0.05, 0.1) is 19.8 Å². The number of benzene rings is 3. The second-order valence-electron chi connectivity index (χ2n) is 8.84. The molecule has 1 aliphatic heterocycles. The highest BCUT2D eigenvalue weighted by Gasteiger charge is 2.25. The van der Waals surface area contributed by atoms with Crippen molar-refractivity contribution in [2.24, 2.45) is 0 Å². The molecule has 6 heteroatoms. The summed E-state index contributed by atoms with van der Waals surface area (Å²) in [7, 11) is 0. The number of ether oxygens (including phenoxy) is 3. The van der Waals surface area contributed by atoms with Crippen LogP contribution in [0.3, 0.4) is 0 Å². The minimum absolute atomic E-state index is 0.0942. The zero-order valence-electron chi connectivity index (χ0n) is 20.6. The topological polar surface area (TPSA) is 27.7 Å². The van der Waals surface area contributed by atoms with Crippen LogP contribution < -0.4 is 4.74 Å². The van der Waals surface area contributed by atoms with E-state index < -0.39 is 11.6 Å². The Morgan fingerprint density at radius 2 is 1.58 bits per heavy atom. The number of halogens is 3. The number of allylic oxidation sites excluding steroid dienone is 2. The van der Waals surface area contributed by atoms with Crippen molar-refractivity contribution < 1.29 is 27.4 Å². The van der Waals surface area contributed by atoms with Gasteiger partial charge in [0, 0.05) is 17.9 Å². The van der Waals surface area contributed by atoms with Crippen LogP contribution in [0, 0.1) is 17.5 Å². The van der Waals surface area contributed by atoms with Crippen molar-refractivity contribution in [1.29, 1.82) is 0 Å². The molecule has 1 fully saturated rings. The Balaban J connectivity index is 1.44. The van der Waals surface area contributed by atoms with Gasteiger partial charge in [-0.15, -0.1) is 0 Å². The smallest absolute Gasteiger partial charge is 0.201 e. The lowest BCUT2D eigenvalue weighted by atomic mass is 9.95. The molecular formula is C30H31F3O3. The van der Waals surface area contributed by atoms with Gasteiger partial charge in [-0.3, -0.25) is 0 Å². The van der Waals surface area contributed by atoms with Gasteiger partial charge in [-0.05, 0) is 60.2 Å². The molecule has 1 saturated heterocycles. The summed E-state index contributed by atoms with van der Waals surface area (Å²) in [6, 6.07) is 15.0. The SMILES string of the molecule is C/C=C/CCC1OCC(c2ccc(-c3ccc(-c4ccc(OCCC)c(F)c4F)cc3)cc2F)CO1. The molecule has 0 aliphatic carbocycles. The molecule has 0 amide bonds. The van der Waals surface area contributed by atoms with Crippen LogP contribution in [-0.4, -0.2) is 26.1 Å². The fraction of sp³-hybridized carbons (Fsp3) is 0.333. The molecule has 0 bridgehead atoms. The zero-order valence-corrected chi connectivity index (χ0v) is 20.6. The van der Waals surface area contributed by atoms with Crippen LogP contribution in [0.25, 0.3) is 22.3 Å². The Hall–Kier alpha value is -3.09. The predicted octanol–water partition coefficient (Wildman–Crippen LogP) is 8.04. The molecule has 3 aromatic rings. The lowest BCUT2D eigenvalue weighted by molar-refractivity contribution is -0.189. The third-order valence-corrected chi connectivity index (χ3v) is 6.25. The second-order valence-corrected chi connectivity index (χ2v) is 8.84. The molecule has 3 nitrogen and oxygen atoms in total. The minimum atomic E-state index is -0.998. The van der Waals surface area contributed by atoms with Crippen molar-refractivity contribution in [3.8, 4) is 28.0 Å². The fourth-order valence-electron chi connectivity index (χ4n) is 4.25. The van der Waals surface area contributed by atoms with E-state index in [1.54, 1.807) is 30.3 Å². The first-order chi connectivity index (χ1) is 17.5. The van der Waals surface area contributed by atoms with Crippen molar-refractivity contribution in [3.63, 3.8) is 0 Å². The fourth-order valence-corrected chi connectivity index (χ4v) is 4.25. The molecule has 0 spiro atoms. The summed E-state index contributed by atoms with van der Waals surface area (Å²) in [5, 5.41) is 0. The van der Waals surface area contributed by atoms with E-state index in [1.165, 1.54) is 18.2 Å². The van der Waals surface area contributed by atoms with Gasteiger partial charge in [0.1, 0.15) is 5.82 Å². The Kier molecular flexibility index (Phi) is 8.83. The van der Waals surface area contributed by atoms with Crippen molar-refractivity contribution in [2.45, 2.75) is 45.3 Å². The van der Waals surface area contributed by atoms with E-state index >= 15 is 4.39 Å². The summed E-state index contributed by atoms with van der Waals surface area (Å²) >= 11 is 0. The molecular weight excluding hydrogens is 465 g/mol. The van der Waals surface area contributed by atoms with Gasteiger partial charge >= 0.3 is 0 Å². The Labute approximate surface area is 210 Å². The summed E-state index contributed by atoms with van der Waals surface area (Å²) in [6.07, 6.45) is 6.17. The molecule has 1 aliphatic rings. The summed E-state index contributed by atoms with van der Waals surface area (Å²) in [6.45, 7) is 5.01. The maximum atomic E-state index is 15.0. The summed E-state index contributed by atoms with van der Waals surface area (Å²) in [4.78, 5) is 0. The van der Waals surface area contributed by atoms with Crippen LogP contribution in [0.4, 0.5) is 13.2 Å². The van der Waals surface area contributed by atoms with Crippen molar-refractivity contribution >= 4 is 0 Å². The van der Waals surface area contributed by atoms with Crippen LogP contribution in [-0.2, 0) is 9.47 Å². The predicted molar refractivity (Wildman–Crippen MR) is 135 cm³/mol. The highest BCUT2D eigenvalue weighted by atomic mass is 19.2. The van der Waals surface area contributed by atoms with E-state index in [0.717, 1.165) is 18.4 Å². The minimum Gasteiger partial charge on any atom is -0.490 e. The third kappa shape index (κ3) is 6.00. The van der Waals surface area contributed by atoms with Gasteiger partial charge in [-0.2, -0.15) is 4.39 Å². The van der Waals surface area contributed by atoms with E-state index in [0.29, 0.717) is 42.9 Å². The lowest BCUT2D eigenvalue weighted by Gasteiger charge is -2.29. The van der Waals surface area contributed by atoms with E-state index in [9.17, 15) is 8.78 Å². The highest BCUT2D eigenvalue weighted by Crippen LogP contribution is 2.33. The van der Waals surface area contributed by atoms with Crippen molar-refractivity contribution in [3.05, 3.63) is 89.8 Å². The van der Waals surface area contributed by atoms with Gasteiger partial charge in [-0.1, -0.05) is 55.5 Å². The van der Waals surface area contributed by atoms with Gasteiger partial charge in [0.2, 0.25) is 5.82 Å². The maximum Gasteiger partial charge on any atom is 0.201 e. The average Bonchev–Trinajstić information content (AvgIpc) is 2.90. The standard InChI is InChI=1S/C30H31F3O3/c1-3-5-6-7-28-35-18-23(19-36-28)24-13-12-22(17-26(24)31)20-8-10-21(11-9-20)25-14-15-27(34-16-4-2)30(33)29(25)32/h3,5,8-15,17,23,28H,4,6-7,16,18-19H2,1-2H3/b5-3+. The monoisotopic (exact) mass is 496 g/mol. The zero-order chi connectivity index (χ0) is 25.5. The molecule has 36 heavy (non-hydrogen) atoms. The number of hydrogen-bond acceptors (Lipinski definition) is 3. The van der Waals surface area contributed by atoms with Crippen LogP contribution in [0.1, 0.15) is 44.6 Å². The molecule has 4 rings (SSSR count). The van der Waals surface area contributed by atoms with Gasteiger partial charge in [0.15, 0.2) is 17.9 Å². The molecule has 0 atom stereocenters. The number of rotatable bonds is 9. The average molecular weight is 497 g/mol. The maximum absolute atomic E-state index is 15.0. The van der Waals surface area contributed by atoms with Crippen LogP contribution >= 0.6 is 0 Å². The van der Waals surface area contributed by atoms with Gasteiger partial charge < -0.3 is 14.2 Å². The van der Waals surface area contributed by atoms with E-state index in [1.807, 2.05) is 26.0 Å². The first-order valence-electron chi connectivity index (χ1n) is 12.4. The van der Waals surface area contributed by atoms with E-state index in [4.69, 9.17) is 14.2 Å². The number of hydrogen-bond donors (Lipinski definition) is 0. The van der Waals surface area contributed by atoms with Crippen molar-refractivity contribution in [1.82, 2.24) is 0 Å². The molecule has 0 aromatic heterocycles. The normalized spacial score (nSPS) is 18.0. The molecule has 0 radical (unpaired) electrons. The molecule has 0 saturated carbocycles. The van der Waals surface area contributed by atoms with E-state index in [-0.39, 0.29) is 29.3 Å².